The molecule has 0 spiro atoms. The van der Waals surface area contributed by atoms with E-state index in [9.17, 15) is 4.79 Å². The molecule has 5 rings (SSSR count). The van der Waals surface area contributed by atoms with Crippen molar-refractivity contribution in [1.29, 1.82) is 0 Å². The smallest absolute Gasteiger partial charge is 0.224 e. The molecule has 1 aliphatic rings. The number of carbonyl (C=O) groups excluding carboxylic acids is 1. The van der Waals surface area contributed by atoms with Crippen molar-refractivity contribution in [3.8, 4) is 0 Å². The third-order valence-corrected chi connectivity index (χ3v) is 7.19. The van der Waals surface area contributed by atoms with Crippen LogP contribution in [0.4, 0.5) is 5.88 Å². The molecule has 4 heteroatoms. The molecule has 4 nitrogen and oxygen atoms in total. The van der Waals surface area contributed by atoms with Crippen molar-refractivity contribution >= 4 is 11.8 Å². The van der Waals surface area contributed by atoms with Gasteiger partial charge in [0.1, 0.15) is 0 Å². The second-order valence-electron chi connectivity index (χ2n) is 9.16. The number of nitrogens with zero attached hydrogens (tertiary/aromatic N) is 1. The molecule has 3 atom stereocenters. The highest BCUT2D eigenvalue weighted by Crippen LogP contribution is 2.46. The van der Waals surface area contributed by atoms with E-state index in [4.69, 9.17) is 10.2 Å². The van der Waals surface area contributed by atoms with E-state index in [0.717, 1.165) is 24.5 Å². The van der Waals surface area contributed by atoms with Gasteiger partial charge in [-0.25, -0.2) is 0 Å². The Balaban J connectivity index is 1.59. The van der Waals surface area contributed by atoms with Gasteiger partial charge in [0, 0.05) is 31.0 Å². The summed E-state index contributed by atoms with van der Waals surface area (Å²) in [5, 5.41) is 0. The molecule has 1 aliphatic heterocycles. The number of amides is 1. The minimum Gasteiger partial charge on any atom is -0.449 e. The van der Waals surface area contributed by atoms with Crippen LogP contribution in [0, 0.1) is 5.92 Å². The van der Waals surface area contributed by atoms with E-state index in [1.54, 1.807) is 6.26 Å². The second kappa shape index (κ2) is 10.0. The van der Waals surface area contributed by atoms with Crippen molar-refractivity contribution in [3.63, 3.8) is 0 Å². The fourth-order valence-corrected chi connectivity index (χ4v) is 5.54. The molecule has 1 amide bonds. The first-order chi connectivity index (χ1) is 16.7. The molecule has 0 saturated carbocycles. The van der Waals surface area contributed by atoms with Gasteiger partial charge >= 0.3 is 0 Å². The van der Waals surface area contributed by atoms with E-state index in [1.165, 1.54) is 11.1 Å². The number of primary amides is 1. The van der Waals surface area contributed by atoms with Gasteiger partial charge in [-0.15, -0.1) is 0 Å². The SMILES string of the molecule is NC(=O)C(CC1C(c2ccccc2)CN(c2ccco2)CC1c1ccccc1)c1ccccc1. The molecule has 0 bridgehead atoms. The van der Waals surface area contributed by atoms with Crippen LogP contribution in [0.1, 0.15) is 40.9 Å². The lowest BCUT2D eigenvalue weighted by Crippen LogP contribution is -2.45. The van der Waals surface area contributed by atoms with E-state index < -0.39 is 0 Å². The van der Waals surface area contributed by atoms with Crippen LogP contribution in [0.5, 0.6) is 0 Å². The Kier molecular flexibility index (Phi) is 6.48. The fourth-order valence-electron chi connectivity index (χ4n) is 5.54. The van der Waals surface area contributed by atoms with Crippen molar-refractivity contribution in [2.75, 3.05) is 18.0 Å². The summed E-state index contributed by atoms with van der Waals surface area (Å²) in [5.41, 5.74) is 9.54. The minimum atomic E-state index is -0.334. The Labute approximate surface area is 201 Å². The van der Waals surface area contributed by atoms with E-state index in [-0.39, 0.29) is 29.6 Å². The van der Waals surface area contributed by atoms with E-state index in [1.807, 2.05) is 42.5 Å². The molecule has 3 unspecified atom stereocenters. The first-order valence-corrected chi connectivity index (χ1v) is 11.9. The summed E-state index contributed by atoms with van der Waals surface area (Å²) in [5.74, 6) is 0.951. The van der Waals surface area contributed by atoms with E-state index >= 15 is 0 Å². The number of hydrogen-bond donors (Lipinski definition) is 1. The zero-order valence-corrected chi connectivity index (χ0v) is 19.2. The largest absolute Gasteiger partial charge is 0.449 e. The number of rotatable bonds is 7. The molecule has 4 aromatic rings. The zero-order chi connectivity index (χ0) is 23.3. The molecule has 2 heterocycles. The summed E-state index contributed by atoms with van der Waals surface area (Å²) in [4.78, 5) is 15.0. The van der Waals surface area contributed by atoms with Crippen molar-refractivity contribution in [3.05, 3.63) is 126 Å². The Morgan fingerprint density at radius 2 is 1.32 bits per heavy atom. The molecular formula is C30H30N2O2. The molecule has 1 saturated heterocycles. The number of benzene rings is 3. The number of piperidine rings is 1. The average molecular weight is 451 g/mol. The Morgan fingerprint density at radius 1 is 0.794 bits per heavy atom. The number of carbonyl (C=O) groups is 1. The first kappa shape index (κ1) is 22.0. The molecule has 34 heavy (non-hydrogen) atoms. The lowest BCUT2D eigenvalue weighted by atomic mass is 9.67. The molecule has 1 fully saturated rings. The van der Waals surface area contributed by atoms with E-state index in [0.29, 0.717) is 6.42 Å². The minimum absolute atomic E-state index is 0.218. The summed E-state index contributed by atoms with van der Waals surface area (Å²) in [6.45, 7) is 1.65. The number of hydrogen-bond acceptors (Lipinski definition) is 3. The zero-order valence-electron chi connectivity index (χ0n) is 19.2. The van der Waals surface area contributed by atoms with Crippen LogP contribution >= 0.6 is 0 Å². The standard InChI is InChI=1S/C30H30N2O2/c31-30(33)25(22-11-4-1-5-12-22)19-26-27(23-13-6-2-7-14-23)20-32(29-17-10-18-34-29)21-28(26)24-15-8-3-9-16-24/h1-18,25-28H,19-21H2,(H2,31,33). The summed E-state index contributed by atoms with van der Waals surface area (Å²) >= 11 is 0. The molecule has 0 aliphatic carbocycles. The Bertz CT molecular complexity index is 1130. The summed E-state index contributed by atoms with van der Waals surface area (Å²) in [6.07, 6.45) is 2.43. The van der Waals surface area contributed by atoms with Crippen molar-refractivity contribution < 1.29 is 9.21 Å². The number of nitrogens with two attached hydrogens (primary N) is 1. The van der Waals surface area contributed by atoms with E-state index in [2.05, 4.69) is 65.6 Å². The summed E-state index contributed by atoms with van der Waals surface area (Å²) < 4.78 is 5.82. The van der Waals surface area contributed by atoms with Gasteiger partial charge in [0.2, 0.25) is 5.91 Å². The monoisotopic (exact) mass is 450 g/mol. The number of anilines is 1. The van der Waals surface area contributed by atoms with Gasteiger partial charge in [0.05, 0.1) is 12.2 Å². The van der Waals surface area contributed by atoms with Crippen molar-refractivity contribution in [1.82, 2.24) is 0 Å². The lowest BCUT2D eigenvalue weighted by molar-refractivity contribution is -0.120. The molecular weight excluding hydrogens is 420 g/mol. The highest BCUT2D eigenvalue weighted by atomic mass is 16.3. The van der Waals surface area contributed by atoms with Gasteiger partial charge in [0.25, 0.3) is 0 Å². The van der Waals surface area contributed by atoms with Gasteiger partial charge in [-0.3, -0.25) is 4.79 Å². The lowest BCUT2D eigenvalue weighted by Gasteiger charge is -2.45. The topological polar surface area (TPSA) is 59.5 Å². The van der Waals surface area contributed by atoms with Crippen LogP contribution < -0.4 is 10.6 Å². The normalized spacial score (nSPS) is 21.2. The van der Waals surface area contributed by atoms with Crippen molar-refractivity contribution in [2.45, 2.75) is 24.2 Å². The molecule has 0 radical (unpaired) electrons. The highest BCUT2D eigenvalue weighted by molar-refractivity contribution is 5.82. The van der Waals surface area contributed by atoms with Gasteiger partial charge in [-0.2, -0.15) is 0 Å². The summed E-state index contributed by atoms with van der Waals surface area (Å²) in [7, 11) is 0. The van der Waals surface area contributed by atoms with Crippen LogP contribution in [0.3, 0.4) is 0 Å². The molecule has 3 aromatic carbocycles. The van der Waals surface area contributed by atoms with Crippen LogP contribution in [-0.2, 0) is 4.79 Å². The second-order valence-corrected chi connectivity index (χ2v) is 9.16. The van der Waals surface area contributed by atoms with Crippen LogP contribution in [0.25, 0.3) is 0 Å². The number of furan rings is 1. The van der Waals surface area contributed by atoms with Gasteiger partial charge in [-0.05, 0) is 35.1 Å². The predicted octanol–water partition coefficient (Wildman–Crippen LogP) is 5.94. The van der Waals surface area contributed by atoms with Crippen LogP contribution in [0.15, 0.2) is 114 Å². The van der Waals surface area contributed by atoms with Crippen molar-refractivity contribution in [2.24, 2.45) is 11.7 Å². The molecule has 1 aromatic heterocycles. The fraction of sp³-hybridized carbons (Fsp3) is 0.233. The van der Waals surface area contributed by atoms with Gasteiger partial charge < -0.3 is 15.1 Å². The summed E-state index contributed by atoms with van der Waals surface area (Å²) in [6, 6.07) is 35.2. The Hall–Kier alpha value is -3.79. The van der Waals surface area contributed by atoms with Gasteiger partial charge in [-0.1, -0.05) is 91.0 Å². The predicted molar refractivity (Wildman–Crippen MR) is 136 cm³/mol. The quantitative estimate of drug-likeness (QED) is 0.379. The highest BCUT2D eigenvalue weighted by Gasteiger charge is 2.41. The Morgan fingerprint density at radius 3 is 1.79 bits per heavy atom. The van der Waals surface area contributed by atoms with Crippen LogP contribution in [0.2, 0.25) is 0 Å². The molecule has 172 valence electrons. The average Bonchev–Trinajstić information content (AvgIpc) is 3.43. The van der Waals surface area contributed by atoms with Crippen LogP contribution in [-0.4, -0.2) is 19.0 Å². The third kappa shape index (κ3) is 4.62. The maximum atomic E-state index is 12.7. The maximum absolute atomic E-state index is 12.7. The van der Waals surface area contributed by atoms with Gasteiger partial charge in [0.15, 0.2) is 5.88 Å². The molecule has 2 N–H and O–H groups in total. The third-order valence-electron chi connectivity index (χ3n) is 7.19. The maximum Gasteiger partial charge on any atom is 0.224 e. The first-order valence-electron chi connectivity index (χ1n) is 11.9.